The van der Waals surface area contributed by atoms with E-state index in [4.69, 9.17) is 14.2 Å². The van der Waals surface area contributed by atoms with Crippen molar-refractivity contribution in [1.29, 1.82) is 5.26 Å². The molecule has 1 aliphatic heterocycles. The summed E-state index contributed by atoms with van der Waals surface area (Å²) in [4.78, 5) is 1.90. The van der Waals surface area contributed by atoms with Gasteiger partial charge in [-0.25, -0.2) is 9.57 Å². The second-order valence-electron chi connectivity index (χ2n) is 7.75. The number of hydrogen-bond acceptors (Lipinski definition) is 5. The third kappa shape index (κ3) is 6.96. The van der Waals surface area contributed by atoms with E-state index >= 15 is 0 Å². The lowest BCUT2D eigenvalue weighted by Gasteiger charge is -2.40. The Bertz CT molecular complexity index is 926. The standard InChI is InChI=1S/C25H30N3O3S/c1-27-25(28(2)3)32-23-16-22(29-17-19-10-6-4-7-11-19)24(21(31-23)14-15-26)30-18-20-12-8-5-9-13-20/h4-13,21-24H,1,14,16-18H2,2-3H3/q+1. The topological polar surface area (TPSA) is 68.8 Å². The van der Waals surface area contributed by atoms with Gasteiger partial charge in [-0.3, -0.25) is 0 Å². The normalized spacial score (nSPS) is 22.5. The van der Waals surface area contributed by atoms with Gasteiger partial charge >= 0.3 is 5.17 Å². The molecule has 6 nitrogen and oxygen atoms in total. The highest BCUT2D eigenvalue weighted by atomic mass is 32.2. The zero-order valence-electron chi connectivity index (χ0n) is 18.6. The first kappa shape index (κ1) is 24.1. The molecular weight excluding hydrogens is 422 g/mol. The van der Waals surface area contributed by atoms with Crippen LogP contribution in [0.1, 0.15) is 24.0 Å². The fraction of sp³-hybridized carbons (Fsp3) is 0.400. The smallest absolute Gasteiger partial charge is 0.371 e. The molecule has 1 saturated heterocycles. The van der Waals surface area contributed by atoms with Gasteiger partial charge in [-0.15, -0.1) is 0 Å². The third-order valence-corrected chi connectivity index (χ3v) is 6.40. The van der Waals surface area contributed by atoms with Gasteiger partial charge in [-0.2, -0.15) is 5.26 Å². The van der Waals surface area contributed by atoms with Crippen molar-refractivity contribution >= 4 is 23.6 Å². The summed E-state index contributed by atoms with van der Waals surface area (Å²) >= 11 is 1.49. The molecule has 7 heteroatoms. The van der Waals surface area contributed by atoms with E-state index in [1.807, 2.05) is 79.7 Å². The van der Waals surface area contributed by atoms with Crippen LogP contribution in [0, 0.1) is 11.3 Å². The molecule has 4 atom stereocenters. The number of benzene rings is 2. The average Bonchev–Trinajstić information content (AvgIpc) is 2.81. The van der Waals surface area contributed by atoms with Crippen LogP contribution in [-0.2, 0) is 27.4 Å². The molecule has 0 aromatic heterocycles. The average molecular weight is 453 g/mol. The van der Waals surface area contributed by atoms with Gasteiger partial charge < -0.3 is 14.2 Å². The molecule has 2 aromatic rings. The number of nitrogens with zero attached hydrogens (tertiary/aromatic N) is 3. The summed E-state index contributed by atoms with van der Waals surface area (Å²) in [7, 11) is 3.84. The molecule has 0 bridgehead atoms. The quantitative estimate of drug-likeness (QED) is 0.346. The Morgan fingerprint density at radius 3 is 2.22 bits per heavy atom. The van der Waals surface area contributed by atoms with Crippen LogP contribution in [0.3, 0.4) is 0 Å². The molecule has 0 saturated carbocycles. The largest absolute Gasteiger partial charge is 0.407 e. The van der Waals surface area contributed by atoms with Crippen molar-refractivity contribution in [2.75, 3.05) is 14.1 Å². The lowest BCUT2D eigenvalue weighted by Crippen LogP contribution is -2.50. The van der Waals surface area contributed by atoms with E-state index in [0.29, 0.717) is 19.6 Å². The summed E-state index contributed by atoms with van der Waals surface area (Å²) in [5.41, 5.74) is 1.95. The van der Waals surface area contributed by atoms with Crippen LogP contribution >= 0.6 is 11.8 Å². The van der Waals surface area contributed by atoms with E-state index in [1.165, 1.54) is 11.8 Å². The van der Waals surface area contributed by atoms with Crippen LogP contribution < -0.4 is 4.67 Å². The number of nitriles is 1. The summed E-state index contributed by atoms with van der Waals surface area (Å²) in [6.07, 6.45) is -0.137. The number of amidine groups is 1. The summed E-state index contributed by atoms with van der Waals surface area (Å²) in [6.45, 7) is 4.57. The summed E-state index contributed by atoms with van der Waals surface area (Å²) in [5.74, 6) is 0. The summed E-state index contributed by atoms with van der Waals surface area (Å²) in [5, 5.41) is 10.2. The van der Waals surface area contributed by atoms with Gasteiger partial charge in [0.05, 0.1) is 45.9 Å². The van der Waals surface area contributed by atoms with Crippen LogP contribution in [0.2, 0.25) is 0 Å². The maximum absolute atomic E-state index is 9.44. The zero-order chi connectivity index (χ0) is 22.8. The summed E-state index contributed by atoms with van der Waals surface area (Å²) in [6, 6.07) is 22.3. The van der Waals surface area contributed by atoms with Crippen molar-refractivity contribution in [2.24, 2.45) is 0 Å². The van der Waals surface area contributed by atoms with Gasteiger partial charge in [0.15, 0.2) is 6.72 Å². The molecule has 1 fully saturated rings. The van der Waals surface area contributed by atoms with Crippen molar-refractivity contribution < 1.29 is 14.2 Å². The van der Waals surface area contributed by atoms with E-state index in [9.17, 15) is 5.26 Å². The second kappa shape index (κ2) is 12.4. The molecule has 1 heterocycles. The van der Waals surface area contributed by atoms with Gasteiger partial charge in [-0.05, 0) is 11.1 Å². The van der Waals surface area contributed by atoms with Gasteiger partial charge in [-0.1, -0.05) is 60.7 Å². The Morgan fingerprint density at radius 2 is 1.69 bits per heavy atom. The number of ether oxygens (including phenoxy) is 3. The SMILES string of the molecule is C=[N+]=C(SC1CC(OCc2ccccc2)C(OCc2ccccc2)C(CC#N)O1)N(C)C. The van der Waals surface area contributed by atoms with E-state index in [2.05, 4.69) is 17.5 Å². The van der Waals surface area contributed by atoms with Crippen molar-refractivity contribution in [3.05, 3.63) is 71.8 Å². The molecule has 0 aliphatic carbocycles. The van der Waals surface area contributed by atoms with Crippen molar-refractivity contribution in [3.63, 3.8) is 0 Å². The Labute approximate surface area is 194 Å². The molecule has 0 amide bonds. The van der Waals surface area contributed by atoms with Crippen molar-refractivity contribution in [3.8, 4) is 6.07 Å². The number of thioether (sulfide) groups is 1. The summed E-state index contributed by atoms with van der Waals surface area (Å²) < 4.78 is 23.1. The van der Waals surface area contributed by atoms with Crippen LogP contribution in [0.4, 0.5) is 0 Å². The molecule has 3 rings (SSSR count). The van der Waals surface area contributed by atoms with E-state index in [-0.39, 0.29) is 24.1 Å². The Kier molecular flexibility index (Phi) is 9.36. The molecule has 0 spiro atoms. The minimum atomic E-state index is -0.399. The van der Waals surface area contributed by atoms with Crippen LogP contribution in [0.15, 0.2) is 60.7 Å². The molecule has 32 heavy (non-hydrogen) atoms. The highest BCUT2D eigenvalue weighted by molar-refractivity contribution is 8.14. The van der Waals surface area contributed by atoms with Gasteiger partial charge in [0.25, 0.3) is 0 Å². The Balaban J connectivity index is 1.77. The minimum absolute atomic E-state index is 0.214. The first-order valence-corrected chi connectivity index (χ1v) is 11.5. The highest BCUT2D eigenvalue weighted by Crippen LogP contribution is 2.34. The molecule has 0 N–H and O–H groups in total. The predicted molar refractivity (Wildman–Crippen MR) is 129 cm³/mol. The highest BCUT2D eigenvalue weighted by Gasteiger charge is 2.42. The second-order valence-corrected chi connectivity index (χ2v) is 8.88. The molecule has 2 aromatic carbocycles. The molecular formula is C25H30N3O3S+. The van der Waals surface area contributed by atoms with E-state index in [1.54, 1.807) is 0 Å². The van der Waals surface area contributed by atoms with Crippen LogP contribution in [0.5, 0.6) is 0 Å². The molecule has 168 valence electrons. The van der Waals surface area contributed by atoms with Gasteiger partial charge in [0.1, 0.15) is 17.6 Å². The van der Waals surface area contributed by atoms with Crippen LogP contribution in [-0.4, -0.2) is 54.6 Å². The first-order valence-electron chi connectivity index (χ1n) is 10.6. The lowest BCUT2D eigenvalue weighted by molar-refractivity contribution is -0.189. The fourth-order valence-corrected chi connectivity index (χ4v) is 4.55. The number of rotatable bonds is 8. The van der Waals surface area contributed by atoms with Crippen molar-refractivity contribution in [2.45, 2.75) is 49.8 Å². The van der Waals surface area contributed by atoms with Crippen molar-refractivity contribution in [1.82, 2.24) is 9.57 Å². The minimum Gasteiger partial charge on any atom is -0.371 e. The predicted octanol–water partition coefficient (Wildman–Crippen LogP) is 3.60. The third-order valence-electron chi connectivity index (χ3n) is 5.12. The Hall–Kier alpha value is -2.59. The van der Waals surface area contributed by atoms with Crippen LogP contribution in [0.25, 0.3) is 0 Å². The first-order chi connectivity index (χ1) is 15.6. The molecule has 0 radical (unpaired) electrons. The molecule has 4 unspecified atom stereocenters. The lowest BCUT2D eigenvalue weighted by atomic mass is 9.99. The van der Waals surface area contributed by atoms with Gasteiger partial charge in [0.2, 0.25) is 0 Å². The fourth-order valence-electron chi connectivity index (χ4n) is 3.54. The van der Waals surface area contributed by atoms with Gasteiger partial charge in [0, 0.05) is 18.2 Å². The maximum atomic E-state index is 9.44. The zero-order valence-corrected chi connectivity index (χ0v) is 19.4. The monoisotopic (exact) mass is 452 g/mol. The molecule has 1 aliphatic rings. The number of hydrogen-bond donors (Lipinski definition) is 0. The maximum Gasteiger partial charge on any atom is 0.407 e. The van der Waals surface area contributed by atoms with E-state index < -0.39 is 6.10 Å². The van der Waals surface area contributed by atoms with E-state index in [0.717, 1.165) is 16.3 Å². The Morgan fingerprint density at radius 1 is 1.09 bits per heavy atom.